The number of nitrogens with zero attached hydrogens (tertiary/aromatic N) is 1. The van der Waals surface area contributed by atoms with Gasteiger partial charge < -0.3 is 9.26 Å². The number of hydrogen-bond acceptors (Lipinski definition) is 5. The number of aromatic nitrogens is 1. The Balaban J connectivity index is 1.72. The first-order chi connectivity index (χ1) is 10.9. The molecule has 0 aliphatic heterocycles. The predicted molar refractivity (Wildman–Crippen MR) is 82.9 cm³/mol. The number of hydrazine groups is 1. The average Bonchev–Trinajstić information content (AvgIpc) is 2.91. The van der Waals surface area contributed by atoms with Gasteiger partial charge in [-0.2, -0.15) is 0 Å². The van der Waals surface area contributed by atoms with Crippen molar-refractivity contribution < 1.29 is 18.8 Å². The molecule has 0 aliphatic carbocycles. The van der Waals surface area contributed by atoms with Gasteiger partial charge in [0, 0.05) is 6.07 Å². The quantitative estimate of drug-likeness (QED) is 0.746. The van der Waals surface area contributed by atoms with Crippen LogP contribution >= 0.6 is 0 Å². The fraction of sp³-hybridized carbons (Fsp3) is 0.267. The van der Waals surface area contributed by atoms with Crippen LogP contribution in [-0.4, -0.2) is 23.7 Å². The molecule has 0 saturated heterocycles. The summed E-state index contributed by atoms with van der Waals surface area (Å²) in [6.07, 6.45) is 0. The molecular weight excluding hydrogens is 300 g/mol. The highest BCUT2D eigenvalue weighted by atomic mass is 16.5. The van der Waals surface area contributed by atoms with Crippen molar-refractivity contribution in [3.05, 3.63) is 41.2 Å². The van der Waals surface area contributed by atoms with E-state index in [1.165, 1.54) is 0 Å². The number of rotatable bonds is 4. The number of ether oxygens (including phenoxy) is 1. The van der Waals surface area contributed by atoms with E-state index in [4.69, 9.17) is 9.26 Å². The van der Waals surface area contributed by atoms with Crippen LogP contribution in [0.4, 0.5) is 10.6 Å². The zero-order chi connectivity index (χ0) is 16.8. The summed E-state index contributed by atoms with van der Waals surface area (Å²) in [5, 5.41) is 5.98. The van der Waals surface area contributed by atoms with Crippen molar-refractivity contribution in [2.75, 3.05) is 11.9 Å². The molecule has 0 aliphatic rings. The van der Waals surface area contributed by atoms with Crippen LogP contribution in [0.3, 0.4) is 0 Å². The highest BCUT2D eigenvalue weighted by Gasteiger charge is 2.08. The summed E-state index contributed by atoms with van der Waals surface area (Å²) >= 11 is 0. The molecule has 0 fully saturated rings. The van der Waals surface area contributed by atoms with Crippen LogP contribution < -0.4 is 20.9 Å². The lowest BCUT2D eigenvalue weighted by Crippen LogP contribution is -2.45. The van der Waals surface area contributed by atoms with Crippen LogP contribution in [0.1, 0.15) is 16.9 Å². The zero-order valence-electron chi connectivity index (χ0n) is 13.1. The summed E-state index contributed by atoms with van der Waals surface area (Å²) < 4.78 is 10.1. The standard InChI is InChI=1S/C15H18N4O4/c1-9-4-5-12(6-10(9)2)22-8-14(20)17-18-15(21)16-13-7-11(3)23-19-13/h4-7H,8H2,1-3H3,(H,17,20)(H2,16,18,19,21). The van der Waals surface area contributed by atoms with E-state index in [1.807, 2.05) is 26.0 Å². The third-order valence-electron chi connectivity index (χ3n) is 3.03. The second-order valence-corrected chi connectivity index (χ2v) is 4.98. The molecule has 8 nitrogen and oxygen atoms in total. The van der Waals surface area contributed by atoms with Gasteiger partial charge in [-0.05, 0) is 44.0 Å². The molecular formula is C15H18N4O4. The maximum absolute atomic E-state index is 11.6. The van der Waals surface area contributed by atoms with E-state index in [2.05, 4.69) is 21.3 Å². The minimum absolute atomic E-state index is 0.216. The van der Waals surface area contributed by atoms with Crippen LogP contribution in [0.25, 0.3) is 0 Å². The Hall–Kier alpha value is -3.03. The number of amides is 3. The van der Waals surface area contributed by atoms with E-state index in [9.17, 15) is 9.59 Å². The molecule has 0 unspecified atom stereocenters. The zero-order valence-corrected chi connectivity index (χ0v) is 13.1. The smallest absolute Gasteiger partial charge is 0.339 e. The molecule has 0 saturated carbocycles. The molecule has 1 heterocycles. The summed E-state index contributed by atoms with van der Waals surface area (Å²) in [7, 11) is 0. The normalized spacial score (nSPS) is 10.0. The Morgan fingerprint density at radius 3 is 2.57 bits per heavy atom. The Morgan fingerprint density at radius 1 is 1.13 bits per heavy atom. The van der Waals surface area contributed by atoms with Crippen molar-refractivity contribution in [1.29, 1.82) is 0 Å². The molecule has 1 aromatic heterocycles. The van der Waals surface area contributed by atoms with E-state index >= 15 is 0 Å². The van der Waals surface area contributed by atoms with Gasteiger partial charge in [0.2, 0.25) is 0 Å². The van der Waals surface area contributed by atoms with Crippen LogP contribution in [0.15, 0.2) is 28.8 Å². The van der Waals surface area contributed by atoms with Crippen LogP contribution in [0.2, 0.25) is 0 Å². The SMILES string of the molecule is Cc1cc(NC(=O)NNC(=O)COc2ccc(C)c(C)c2)no1. The monoisotopic (exact) mass is 318 g/mol. The first kappa shape index (κ1) is 16.3. The summed E-state index contributed by atoms with van der Waals surface area (Å²) in [6, 6.07) is 6.44. The van der Waals surface area contributed by atoms with Crippen molar-refractivity contribution in [1.82, 2.24) is 16.0 Å². The topological polar surface area (TPSA) is 105 Å². The number of anilines is 1. The lowest BCUT2D eigenvalue weighted by Gasteiger charge is -2.09. The van der Waals surface area contributed by atoms with Crippen molar-refractivity contribution >= 4 is 17.8 Å². The van der Waals surface area contributed by atoms with Gasteiger partial charge in [0.15, 0.2) is 12.4 Å². The summed E-state index contributed by atoms with van der Waals surface area (Å²) in [5.74, 6) is 0.909. The molecule has 0 atom stereocenters. The Morgan fingerprint density at radius 2 is 1.91 bits per heavy atom. The number of aryl methyl sites for hydroxylation is 3. The second-order valence-electron chi connectivity index (χ2n) is 4.98. The molecule has 122 valence electrons. The molecule has 3 N–H and O–H groups in total. The summed E-state index contributed by atoms with van der Waals surface area (Å²) in [5.41, 5.74) is 6.62. The van der Waals surface area contributed by atoms with Gasteiger partial charge in [0.05, 0.1) is 0 Å². The number of nitrogens with one attached hydrogen (secondary N) is 3. The molecule has 0 spiro atoms. The van der Waals surface area contributed by atoms with Crippen molar-refractivity contribution in [2.45, 2.75) is 20.8 Å². The van der Waals surface area contributed by atoms with Crippen molar-refractivity contribution in [3.8, 4) is 5.75 Å². The number of hydrogen-bond donors (Lipinski definition) is 3. The van der Waals surface area contributed by atoms with Crippen molar-refractivity contribution in [2.24, 2.45) is 0 Å². The Labute approximate surface area is 133 Å². The number of carbonyl (C=O) groups is 2. The molecule has 0 radical (unpaired) electrons. The third-order valence-corrected chi connectivity index (χ3v) is 3.03. The maximum atomic E-state index is 11.6. The Bertz CT molecular complexity index is 711. The van der Waals surface area contributed by atoms with Gasteiger partial charge in [-0.3, -0.25) is 15.5 Å². The molecule has 2 aromatic rings. The Kier molecular flexibility index (Phi) is 5.19. The van der Waals surface area contributed by atoms with E-state index in [-0.39, 0.29) is 12.4 Å². The van der Waals surface area contributed by atoms with Crippen LogP contribution in [0, 0.1) is 20.8 Å². The number of carbonyl (C=O) groups excluding carboxylic acids is 2. The van der Waals surface area contributed by atoms with E-state index < -0.39 is 11.9 Å². The molecule has 0 bridgehead atoms. The summed E-state index contributed by atoms with van der Waals surface area (Å²) in [4.78, 5) is 23.1. The molecule has 2 rings (SSSR count). The molecule has 8 heteroatoms. The fourth-order valence-corrected chi connectivity index (χ4v) is 1.69. The van der Waals surface area contributed by atoms with Crippen LogP contribution in [-0.2, 0) is 4.79 Å². The minimum Gasteiger partial charge on any atom is -0.484 e. The third kappa shape index (κ3) is 5.03. The van der Waals surface area contributed by atoms with Crippen molar-refractivity contribution in [3.63, 3.8) is 0 Å². The predicted octanol–water partition coefficient (Wildman–Crippen LogP) is 1.83. The lowest BCUT2D eigenvalue weighted by atomic mass is 10.1. The highest BCUT2D eigenvalue weighted by molar-refractivity contribution is 5.90. The van der Waals surface area contributed by atoms with Gasteiger partial charge in [-0.1, -0.05) is 11.2 Å². The molecule has 3 amide bonds. The second kappa shape index (κ2) is 7.30. The van der Waals surface area contributed by atoms with E-state index in [1.54, 1.807) is 19.1 Å². The largest absolute Gasteiger partial charge is 0.484 e. The van der Waals surface area contributed by atoms with Gasteiger partial charge in [0.1, 0.15) is 11.5 Å². The average molecular weight is 318 g/mol. The highest BCUT2D eigenvalue weighted by Crippen LogP contribution is 2.16. The minimum atomic E-state index is -0.641. The van der Waals surface area contributed by atoms with Gasteiger partial charge >= 0.3 is 6.03 Å². The number of urea groups is 1. The molecule has 1 aromatic carbocycles. The van der Waals surface area contributed by atoms with Crippen LogP contribution in [0.5, 0.6) is 5.75 Å². The van der Waals surface area contributed by atoms with Gasteiger partial charge in [0.25, 0.3) is 5.91 Å². The maximum Gasteiger partial charge on any atom is 0.339 e. The lowest BCUT2D eigenvalue weighted by molar-refractivity contribution is -0.123. The van der Waals surface area contributed by atoms with Gasteiger partial charge in [-0.25, -0.2) is 10.2 Å². The first-order valence-corrected chi connectivity index (χ1v) is 6.93. The van der Waals surface area contributed by atoms with E-state index in [0.29, 0.717) is 11.5 Å². The summed E-state index contributed by atoms with van der Waals surface area (Å²) in [6.45, 7) is 5.43. The molecule has 23 heavy (non-hydrogen) atoms. The number of benzene rings is 1. The first-order valence-electron chi connectivity index (χ1n) is 6.93. The fourth-order valence-electron chi connectivity index (χ4n) is 1.69. The van der Waals surface area contributed by atoms with E-state index in [0.717, 1.165) is 11.1 Å². The van der Waals surface area contributed by atoms with Gasteiger partial charge in [-0.15, -0.1) is 0 Å².